The van der Waals surface area contributed by atoms with E-state index in [9.17, 15) is 0 Å². The van der Waals surface area contributed by atoms with Crippen molar-refractivity contribution in [2.24, 2.45) is 5.41 Å². The van der Waals surface area contributed by atoms with Gasteiger partial charge in [0.25, 0.3) is 0 Å². The highest BCUT2D eigenvalue weighted by Gasteiger charge is 2.36. The van der Waals surface area contributed by atoms with E-state index >= 15 is 0 Å². The Morgan fingerprint density at radius 2 is 2.06 bits per heavy atom. The average molecular weight is 246 g/mol. The maximum absolute atomic E-state index is 3.52. The zero-order chi connectivity index (χ0) is 13.0. The molecule has 0 amide bonds. The number of rotatable bonds is 4. The zero-order valence-corrected chi connectivity index (χ0v) is 11.9. The molecule has 2 heteroatoms. The van der Waals surface area contributed by atoms with Gasteiger partial charge in [0.1, 0.15) is 0 Å². The number of nitrogens with one attached hydrogen (secondary N) is 1. The van der Waals surface area contributed by atoms with Gasteiger partial charge in [-0.1, -0.05) is 44.2 Å². The number of likely N-dealkylation sites (N-methyl/N-ethyl adjacent to an activating group) is 1. The van der Waals surface area contributed by atoms with Crippen LogP contribution in [0.25, 0.3) is 0 Å². The number of hydrogen-bond donors (Lipinski definition) is 1. The Hall–Kier alpha value is -0.860. The Balaban J connectivity index is 1.98. The molecule has 0 radical (unpaired) electrons. The molecule has 2 unspecified atom stereocenters. The molecule has 100 valence electrons. The predicted octanol–water partition coefficient (Wildman–Crippen LogP) is 2.90. The van der Waals surface area contributed by atoms with Crippen LogP contribution in [0.5, 0.6) is 0 Å². The van der Waals surface area contributed by atoms with Gasteiger partial charge in [-0.2, -0.15) is 0 Å². The van der Waals surface area contributed by atoms with Crippen LogP contribution in [-0.4, -0.2) is 31.1 Å². The molecule has 0 aromatic heterocycles. The molecule has 0 aliphatic carbocycles. The maximum Gasteiger partial charge on any atom is 0.0246 e. The van der Waals surface area contributed by atoms with Crippen molar-refractivity contribution in [2.75, 3.05) is 20.1 Å². The Bertz CT molecular complexity index is 363. The smallest absolute Gasteiger partial charge is 0.0246 e. The van der Waals surface area contributed by atoms with Crippen LogP contribution in [-0.2, 0) is 6.54 Å². The van der Waals surface area contributed by atoms with Crippen molar-refractivity contribution in [3.8, 4) is 0 Å². The minimum Gasteiger partial charge on any atom is -0.315 e. The van der Waals surface area contributed by atoms with Crippen molar-refractivity contribution in [1.82, 2.24) is 10.2 Å². The lowest BCUT2D eigenvalue weighted by atomic mass is 9.74. The Morgan fingerprint density at radius 1 is 1.33 bits per heavy atom. The van der Waals surface area contributed by atoms with Crippen LogP contribution in [0.4, 0.5) is 0 Å². The highest BCUT2D eigenvalue weighted by atomic mass is 15.2. The third-order valence-electron chi connectivity index (χ3n) is 4.69. The van der Waals surface area contributed by atoms with Gasteiger partial charge < -0.3 is 5.32 Å². The summed E-state index contributed by atoms with van der Waals surface area (Å²) in [6.45, 7) is 8.21. The van der Waals surface area contributed by atoms with Crippen LogP contribution in [0.15, 0.2) is 30.3 Å². The molecule has 1 aliphatic heterocycles. The lowest BCUT2D eigenvalue weighted by Gasteiger charge is -2.45. The number of piperidine rings is 1. The fourth-order valence-corrected chi connectivity index (χ4v) is 3.01. The van der Waals surface area contributed by atoms with Crippen molar-refractivity contribution in [2.45, 2.75) is 39.3 Å². The van der Waals surface area contributed by atoms with Gasteiger partial charge in [-0.25, -0.2) is 0 Å². The standard InChI is InChI=1S/C16H26N2/c1-4-16(2)10-11-18(13-15(16)17-3)12-14-8-6-5-7-9-14/h5-9,15,17H,4,10-13H2,1-3H3. The summed E-state index contributed by atoms with van der Waals surface area (Å²) in [7, 11) is 2.10. The van der Waals surface area contributed by atoms with E-state index in [0.717, 1.165) is 13.1 Å². The van der Waals surface area contributed by atoms with Gasteiger partial charge in [0.2, 0.25) is 0 Å². The summed E-state index contributed by atoms with van der Waals surface area (Å²) in [6.07, 6.45) is 2.56. The van der Waals surface area contributed by atoms with Gasteiger partial charge in [-0.05, 0) is 37.4 Å². The molecule has 1 fully saturated rings. The molecule has 1 aromatic carbocycles. The van der Waals surface area contributed by atoms with Crippen molar-refractivity contribution >= 4 is 0 Å². The van der Waals surface area contributed by atoms with Crippen LogP contribution in [0.3, 0.4) is 0 Å². The van der Waals surface area contributed by atoms with Crippen LogP contribution >= 0.6 is 0 Å². The number of benzene rings is 1. The topological polar surface area (TPSA) is 15.3 Å². The van der Waals surface area contributed by atoms with Gasteiger partial charge in [0, 0.05) is 19.1 Å². The molecular formula is C16H26N2. The predicted molar refractivity (Wildman–Crippen MR) is 77.6 cm³/mol. The van der Waals surface area contributed by atoms with E-state index in [1.165, 1.54) is 24.9 Å². The minimum atomic E-state index is 0.460. The summed E-state index contributed by atoms with van der Waals surface area (Å²) in [6, 6.07) is 11.4. The van der Waals surface area contributed by atoms with Crippen LogP contribution < -0.4 is 5.32 Å². The third-order valence-corrected chi connectivity index (χ3v) is 4.69. The second kappa shape index (κ2) is 5.85. The molecule has 1 aromatic rings. The first-order valence-corrected chi connectivity index (χ1v) is 7.11. The van der Waals surface area contributed by atoms with Gasteiger partial charge in [-0.3, -0.25) is 4.90 Å². The molecule has 2 atom stereocenters. The summed E-state index contributed by atoms with van der Waals surface area (Å²) in [4.78, 5) is 2.58. The lowest BCUT2D eigenvalue weighted by Crippen LogP contribution is -2.54. The first-order chi connectivity index (χ1) is 8.68. The van der Waals surface area contributed by atoms with E-state index in [1.54, 1.807) is 0 Å². The fourth-order valence-electron chi connectivity index (χ4n) is 3.01. The number of likely N-dealkylation sites (tertiary alicyclic amines) is 1. The average Bonchev–Trinajstić information content (AvgIpc) is 2.42. The largest absolute Gasteiger partial charge is 0.315 e. The number of nitrogens with zero attached hydrogens (tertiary/aromatic N) is 1. The molecule has 18 heavy (non-hydrogen) atoms. The summed E-state index contributed by atoms with van der Waals surface area (Å²) in [5, 5.41) is 3.52. The van der Waals surface area contributed by atoms with Crippen LogP contribution in [0, 0.1) is 5.41 Å². The zero-order valence-electron chi connectivity index (χ0n) is 11.9. The molecule has 2 rings (SSSR count). The Labute approximate surface area is 111 Å². The van der Waals surface area contributed by atoms with E-state index in [1.807, 2.05) is 0 Å². The molecule has 0 spiro atoms. The van der Waals surface area contributed by atoms with Crippen molar-refractivity contribution < 1.29 is 0 Å². The Kier molecular flexibility index (Phi) is 4.41. The molecule has 1 N–H and O–H groups in total. The molecule has 2 nitrogen and oxygen atoms in total. The molecule has 1 saturated heterocycles. The quantitative estimate of drug-likeness (QED) is 0.879. The monoisotopic (exact) mass is 246 g/mol. The van der Waals surface area contributed by atoms with Crippen molar-refractivity contribution in [3.05, 3.63) is 35.9 Å². The second-order valence-corrected chi connectivity index (χ2v) is 5.82. The van der Waals surface area contributed by atoms with Gasteiger partial charge in [-0.15, -0.1) is 0 Å². The fraction of sp³-hybridized carbons (Fsp3) is 0.625. The summed E-state index contributed by atoms with van der Waals surface area (Å²) < 4.78 is 0. The van der Waals surface area contributed by atoms with Crippen LogP contribution in [0.2, 0.25) is 0 Å². The third kappa shape index (κ3) is 2.93. The molecule has 0 bridgehead atoms. The molecular weight excluding hydrogens is 220 g/mol. The molecule has 0 saturated carbocycles. The first-order valence-electron chi connectivity index (χ1n) is 7.11. The lowest BCUT2D eigenvalue weighted by molar-refractivity contribution is 0.0683. The van der Waals surface area contributed by atoms with Gasteiger partial charge in [0.05, 0.1) is 0 Å². The summed E-state index contributed by atoms with van der Waals surface area (Å²) in [5.74, 6) is 0. The van der Waals surface area contributed by atoms with Crippen molar-refractivity contribution in [3.63, 3.8) is 0 Å². The first kappa shape index (κ1) is 13.6. The van der Waals surface area contributed by atoms with E-state index in [0.29, 0.717) is 11.5 Å². The highest BCUT2D eigenvalue weighted by molar-refractivity contribution is 5.14. The number of hydrogen-bond acceptors (Lipinski definition) is 2. The van der Waals surface area contributed by atoms with E-state index in [-0.39, 0.29) is 0 Å². The van der Waals surface area contributed by atoms with E-state index in [4.69, 9.17) is 0 Å². The maximum atomic E-state index is 3.52. The van der Waals surface area contributed by atoms with E-state index < -0.39 is 0 Å². The van der Waals surface area contributed by atoms with Gasteiger partial charge in [0.15, 0.2) is 0 Å². The highest BCUT2D eigenvalue weighted by Crippen LogP contribution is 2.34. The Morgan fingerprint density at radius 3 is 2.67 bits per heavy atom. The molecule has 1 heterocycles. The summed E-state index contributed by atoms with van der Waals surface area (Å²) in [5.41, 5.74) is 1.88. The summed E-state index contributed by atoms with van der Waals surface area (Å²) >= 11 is 0. The second-order valence-electron chi connectivity index (χ2n) is 5.82. The van der Waals surface area contributed by atoms with Crippen molar-refractivity contribution in [1.29, 1.82) is 0 Å². The van der Waals surface area contributed by atoms with E-state index in [2.05, 4.69) is 61.4 Å². The molecule has 1 aliphatic rings. The van der Waals surface area contributed by atoms with Gasteiger partial charge >= 0.3 is 0 Å². The SMILES string of the molecule is CCC1(C)CCN(Cc2ccccc2)CC1NC. The van der Waals surface area contributed by atoms with Crippen LogP contribution in [0.1, 0.15) is 32.3 Å². The normalized spacial score (nSPS) is 29.4. The minimum absolute atomic E-state index is 0.460.